The summed E-state index contributed by atoms with van der Waals surface area (Å²) in [5.41, 5.74) is -4.29. The van der Waals surface area contributed by atoms with Crippen molar-refractivity contribution >= 4 is 17.7 Å². The molecule has 12 heteroatoms. The van der Waals surface area contributed by atoms with Gasteiger partial charge >= 0.3 is 11.9 Å². The molecular weight excluding hydrogens is 644 g/mol. The summed E-state index contributed by atoms with van der Waals surface area (Å²) in [5, 5.41) is 29.7. The molecule has 0 amide bonds. The van der Waals surface area contributed by atoms with Crippen LogP contribution in [0, 0.1) is 45.8 Å². The number of carbonyl (C=O) groups is 3. The Morgan fingerprint density at radius 1 is 1.04 bits per heavy atom. The van der Waals surface area contributed by atoms with Crippen LogP contribution in [0.1, 0.15) is 77.2 Å². The summed E-state index contributed by atoms with van der Waals surface area (Å²) in [6.45, 7) is 9.46. The van der Waals surface area contributed by atoms with E-state index in [2.05, 4.69) is 29.7 Å². The van der Waals surface area contributed by atoms with Crippen LogP contribution in [0.15, 0.2) is 28.9 Å². The number of Topliss-reactive ketones (excluding diaryl/α,β-unsaturated/α-hetero) is 1. The smallest absolute Gasteiger partial charge is 0.339 e. The van der Waals surface area contributed by atoms with Gasteiger partial charge in [0.05, 0.1) is 30.3 Å². The Morgan fingerprint density at radius 3 is 2.58 bits per heavy atom. The number of epoxide rings is 1. The fraction of sp³-hybridized carbons (Fsp3) is 0.763. The molecule has 0 radical (unpaired) electrons. The number of carbonyl (C=O) groups excluding carboxylic acids is 3. The van der Waals surface area contributed by atoms with Gasteiger partial charge < -0.3 is 38.9 Å². The highest BCUT2D eigenvalue weighted by molar-refractivity contribution is 5.92. The molecule has 2 saturated carbocycles. The van der Waals surface area contributed by atoms with Crippen LogP contribution >= 0.6 is 0 Å². The molecule has 0 bridgehead atoms. The van der Waals surface area contributed by atoms with E-state index in [0.29, 0.717) is 37.0 Å². The highest BCUT2D eigenvalue weighted by atomic mass is 16.7. The minimum Gasteiger partial charge on any atom is -0.469 e. The molecule has 0 unspecified atom stereocenters. The molecule has 4 N–H and O–H groups in total. The van der Waals surface area contributed by atoms with E-state index in [1.165, 1.54) is 0 Å². The number of furan rings is 1. The monoisotopic (exact) mass is 694 g/mol. The fourth-order valence-corrected chi connectivity index (χ4v) is 12.8. The summed E-state index contributed by atoms with van der Waals surface area (Å²) in [4.78, 5) is 41.0. The van der Waals surface area contributed by atoms with E-state index in [4.69, 9.17) is 23.4 Å². The number of hydrogen-bond acceptors (Lipinski definition) is 12. The number of hydrogen-bond donors (Lipinski definition) is 4. The van der Waals surface area contributed by atoms with E-state index >= 15 is 0 Å². The number of nitrogens with one attached hydrogen (secondary N) is 2. The molecule has 5 aliphatic heterocycles. The summed E-state index contributed by atoms with van der Waals surface area (Å²) in [5.74, 6) is -1.05. The number of rotatable bonds is 6. The lowest BCUT2D eigenvalue weighted by Gasteiger charge is -2.66. The summed E-state index contributed by atoms with van der Waals surface area (Å²) in [6, 6.07) is 2.27. The maximum absolute atomic E-state index is 14.5. The van der Waals surface area contributed by atoms with E-state index in [0.717, 1.165) is 31.6 Å². The van der Waals surface area contributed by atoms with Crippen LogP contribution in [-0.4, -0.2) is 89.9 Å². The third-order valence-electron chi connectivity index (χ3n) is 15.0. The molecule has 272 valence electrons. The minimum atomic E-state index is -1.43. The van der Waals surface area contributed by atoms with Gasteiger partial charge in [0.25, 0.3) is 0 Å². The van der Waals surface area contributed by atoms with Crippen LogP contribution in [0.2, 0.25) is 0 Å². The number of fused-ring (bicyclic) bond motifs is 1. The van der Waals surface area contributed by atoms with Gasteiger partial charge in [-0.1, -0.05) is 26.0 Å². The zero-order valence-corrected chi connectivity index (χ0v) is 29.3. The lowest BCUT2D eigenvalue weighted by molar-refractivity contribution is -0.252. The van der Waals surface area contributed by atoms with E-state index in [1.807, 2.05) is 26.8 Å². The second kappa shape index (κ2) is 11.0. The van der Waals surface area contributed by atoms with Crippen molar-refractivity contribution in [3.8, 4) is 0 Å². The van der Waals surface area contributed by atoms with Crippen LogP contribution in [0.3, 0.4) is 0 Å². The van der Waals surface area contributed by atoms with Gasteiger partial charge in [0.2, 0.25) is 0 Å². The molecule has 2 spiro atoms. The molecule has 1 aromatic heterocycles. The number of aliphatic hydroxyl groups is 2. The van der Waals surface area contributed by atoms with Crippen LogP contribution in [0.25, 0.3) is 0 Å². The number of ketones is 1. The molecule has 6 heterocycles. The molecule has 7 fully saturated rings. The van der Waals surface area contributed by atoms with Crippen LogP contribution < -0.4 is 10.6 Å². The first-order valence-electron chi connectivity index (χ1n) is 18.6. The number of cyclic esters (lactones) is 2. The second-order valence-electron chi connectivity index (χ2n) is 17.4. The Bertz CT molecular complexity index is 1630. The van der Waals surface area contributed by atoms with Crippen LogP contribution in [0.4, 0.5) is 0 Å². The van der Waals surface area contributed by atoms with Gasteiger partial charge in [0, 0.05) is 54.1 Å². The van der Waals surface area contributed by atoms with Crippen LogP contribution in [-0.2, 0) is 39.8 Å². The van der Waals surface area contributed by atoms with Gasteiger partial charge in [-0.25, -0.2) is 4.79 Å². The molecule has 1 aromatic rings. The first-order chi connectivity index (χ1) is 23.8. The van der Waals surface area contributed by atoms with Gasteiger partial charge in [0.15, 0.2) is 11.9 Å². The number of esters is 2. The molecule has 0 aromatic carbocycles. The number of allylic oxidation sites excluding steroid dienone is 1. The van der Waals surface area contributed by atoms with Crippen molar-refractivity contribution in [2.75, 3.05) is 26.4 Å². The highest BCUT2D eigenvalue weighted by Crippen LogP contribution is 2.80. The van der Waals surface area contributed by atoms with Crippen molar-refractivity contribution in [1.29, 1.82) is 0 Å². The van der Waals surface area contributed by atoms with Crippen molar-refractivity contribution in [1.82, 2.24) is 10.6 Å². The van der Waals surface area contributed by atoms with Crippen molar-refractivity contribution < 1.29 is 48.0 Å². The van der Waals surface area contributed by atoms with Crippen molar-refractivity contribution in [3.63, 3.8) is 0 Å². The first kappa shape index (κ1) is 33.2. The summed E-state index contributed by atoms with van der Waals surface area (Å²) in [6.07, 6.45) is 6.10. The van der Waals surface area contributed by atoms with E-state index in [-0.39, 0.29) is 49.1 Å². The Kier molecular flexibility index (Phi) is 7.29. The molecule has 12 nitrogen and oxygen atoms in total. The van der Waals surface area contributed by atoms with E-state index in [9.17, 15) is 24.6 Å². The first-order valence-corrected chi connectivity index (χ1v) is 18.6. The fourth-order valence-electron chi connectivity index (χ4n) is 12.8. The highest BCUT2D eigenvalue weighted by Gasteiger charge is 2.90. The van der Waals surface area contributed by atoms with E-state index in [1.54, 1.807) is 6.26 Å². The van der Waals surface area contributed by atoms with Gasteiger partial charge in [-0.05, 0) is 69.3 Å². The summed E-state index contributed by atoms with van der Waals surface area (Å²) >= 11 is 0. The normalized spacial score (nSPS) is 49.2. The second-order valence-corrected chi connectivity index (χ2v) is 17.4. The SMILES string of the molecule is CC1(C)O[C@H]2CC(=O)OC[C@@]23[C@@H]1C(=O)[C@@H](O)[C@]1(C)[C@@H]3CC[C@@]2(C)[C@H](c3ccoc3C[C@H](CO)[C@H]3C=C[C@H]([C@H]4CNCN4)CC3)OC(=O)[C@H]3O[C@@]312. The zero-order chi connectivity index (χ0) is 35.0. The molecule has 3 aliphatic carbocycles. The third kappa shape index (κ3) is 4.06. The molecular formula is C38H50N2O10. The predicted molar refractivity (Wildman–Crippen MR) is 175 cm³/mol. The maximum atomic E-state index is 14.5. The third-order valence-corrected chi connectivity index (χ3v) is 15.0. The Hall–Kier alpha value is -2.61. The standard InChI is InChI=1S/C38H50N2O10/c1-34(2)29-28(43)30(44)36(4)25(37(29)17-47-27(42)14-26(37)49-34)9-11-35(3)31(48-33(45)32-38(35,36)50-32)22-10-12-46-24(22)13-21(16-41)19-5-7-20(8-6-19)23-15-39-18-40-23/h5,7,10,12,19-21,23,25-26,29-32,39-41,44H,6,8-9,11,13-18H2,1-4H3/t19-,20-,21+,23+,25-,26-,29+,30+,31-,32+,35-,36-,37-,38+/m0/s1. The van der Waals surface area contributed by atoms with Gasteiger partial charge in [-0.2, -0.15) is 0 Å². The predicted octanol–water partition coefficient (Wildman–Crippen LogP) is 2.36. The largest absolute Gasteiger partial charge is 0.469 e. The zero-order valence-electron chi connectivity index (χ0n) is 29.3. The van der Waals surface area contributed by atoms with Gasteiger partial charge in [-0.3, -0.25) is 14.9 Å². The molecule has 14 atom stereocenters. The minimum absolute atomic E-state index is 0.0125. The lowest BCUT2D eigenvalue weighted by atomic mass is 9.36. The lowest BCUT2D eigenvalue weighted by Crippen LogP contribution is -2.76. The van der Waals surface area contributed by atoms with Gasteiger partial charge in [0.1, 0.15) is 30.2 Å². The van der Waals surface area contributed by atoms with Gasteiger partial charge in [-0.15, -0.1) is 0 Å². The average Bonchev–Trinajstić information content (AvgIpc) is 3.35. The average molecular weight is 695 g/mol. The Labute approximate surface area is 292 Å². The summed E-state index contributed by atoms with van der Waals surface area (Å²) < 4.78 is 31.2. The number of ether oxygens (including phenoxy) is 4. The van der Waals surface area contributed by atoms with Crippen molar-refractivity contribution in [2.24, 2.45) is 45.8 Å². The number of aliphatic hydroxyl groups excluding tert-OH is 2. The quantitative estimate of drug-likeness (QED) is 0.195. The Balaban J connectivity index is 1.05. The molecule has 50 heavy (non-hydrogen) atoms. The molecule has 5 saturated heterocycles. The van der Waals surface area contributed by atoms with Crippen LogP contribution in [0.5, 0.6) is 0 Å². The van der Waals surface area contributed by atoms with Crippen molar-refractivity contribution in [3.05, 3.63) is 35.8 Å². The Morgan fingerprint density at radius 2 is 1.86 bits per heavy atom. The van der Waals surface area contributed by atoms with Crippen molar-refractivity contribution in [2.45, 2.75) is 108 Å². The maximum Gasteiger partial charge on any atom is 0.339 e. The molecule has 9 rings (SSSR count). The topological polar surface area (TPSA) is 169 Å². The summed E-state index contributed by atoms with van der Waals surface area (Å²) in [7, 11) is 0. The van der Waals surface area contributed by atoms with E-state index < -0.39 is 63.8 Å². The molecule has 8 aliphatic rings.